The van der Waals surface area contributed by atoms with E-state index >= 15 is 0 Å². The van der Waals surface area contributed by atoms with Crippen molar-refractivity contribution < 1.29 is 9.90 Å². The summed E-state index contributed by atoms with van der Waals surface area (Å²) in [7, 11) is 0. The highest BCUT2D eigenvalue weighted by Crippen LogP contribution is 2.23. The van der Waals surface area contributed by atoms with E-state index in [0.717, 1.165) is 16.7 Å². The van der Waals surface area contributed by atoms with Gasteiger partial charge in [-0.05, 0) is 36.4 Å². The zero-order chi connectivity index (χ0) is 24.0. The quantitative estimate of drug-likeness (QED) is 0.457. The number of carboxylic acids is 1. The van der Waals surface area contributed by atoms with E-state index in [2.05, 4.69) is 41.7 Å². The molecule has 5 rings (SSSR count). The summed E-state index contributed by atoms with van der Waals surface area (Å²) in [5.74, 6) is 6.17. The van der Waals surface area contributed by atoms with Gasteiger partial charge in [-0.15, -0.1) is 0 Å². The van der Waals surface area contributed by atoms with Gasteiger partial charge in [0.2, 0.25) is 11.9 Å². The first-order chi connectivity index (χ1) is 17.2. The molecule has 1 fully saturated rings. The van der Waals surface area contributed by atoms with Crippen LogP contribution >= 0.6 is 0 Å². The Morgan fingerprint density at radius 2 is 1.49 bits per heavy atom. The Morgan fingerprint density at radius 1 is 0.800 bits per heavy atom. The van der Waals surface area contributed by atoms with E-state index in [1.165, 1.54) is 6.07 Å². The summed E-state index contributed by atoms with van der Waals surface area (Å²) in [6.07, 6.45) is 6.86. The largest absolute Gasteiger partial charge is 0.477 e. The van der Waals surface area contributed by atoms with Gasteiger partial charge < -0.3 is 14.9 Å². The minimum atomic E-state index is -1.09. The van der Waals surface area contributed by atoms with Crippen LogP contribution in [0.1, 0.15) is 21.6 Å². The summed E-state index contributed by atoms with van der Waals surface area (Å²) in [6, 6.07) is 14.6. The zero-order valence-corrected chi connectivity index (χ0v) is 18.7. The summed E-state index contributed by atoms with van der Waals surface area (Å²) in [4.78, 5) is 37.5. The van der Waals surface area contributed by atoms with E-state index in [-0.39, 0.29) is 5.69 Å². The van der Waals surface area contributed by atoms with Gasteiger partial charge >= 0.3 is 5.97 Å². The first kappa shape index (κ1) is 22.0. The average molecular weight is 464 g/mol. The highest BCUT2D eigenvalue weighted by Gasteiger charge is 2.22. The smallest absolute Gasteiger partial charge is 0.354 e. The van der Waals surface area contributed by atoms with Crippen LogP contribution in [-0.4, -0.2) is 62.2 Å². The lowest BCUT2D eigenvalue weighted by molar-refractivity contribution is 0.0690. The van der Waals surface area contributed by atoms with Crippen molar-refractivity contribution in [1.29, 1.82) is 0 Å². The first-order valence-corrected chi connectivity index (χ1v) is 11.1. The van der Waals surface area contributed by atoms with Crippen LogP contribution in [0.15, 0.2) is 73.3 Å². The van der Waals surface area contributed by atoms with Crippen LogP contribution in [0.4, 0.5) is 11.9 Å². The van der Waals surface area contributed by atoms with Crippen LogP contribution in [0.3, 0.4) is 0 Å². The monoisotopic (exact) mass is 463 g/mol. The average Bonchev–Trinajstić information content (AvgIpc) is 2.93. The molecule has 0 spiro atoms. The highest BCUT2D eigenvalue weighted by molar-refractivity contribution is 5.87. The van der Waals surface area contributed by atoms with Gasteiger partial charge in [-0.3, -0.25) is 4.98 Å². The minimum absolute atomic E-state index is 0.0423. The Kier molecular flexibility index (Phi) is 6.26. The maximum atomic E-state index is 11.8. The molecule has 172 valence electrons. The van der Waals surface area contributed by atoms with E-state index in [1.807, 2.05) is 41.3 Å². The van der Waals surface area contributed by atoms with Crippen LogP contribution in [0.25, 0.3) is 11.3 Å². The van der Waals surface area contributed by atoms with E-state index in [0.29, 0.717) is 43.8 Å². The molecular weight excluding hydrogens is 442 g/mol. The number of aromatic carboxylic acids is 1. The molecule has 0 radical (unpaired) electrons. The van der Waals surface area contributed by atoms with E-state index in [9.17, 15) is 9.90 Å². The molecule has 1 aliphatic rings. The van der Waals surface area contributed by atoms with Gasteiger partial charge in [0.25, 0.3) is 0 Å². The van der Waals surface area contributed by atoms with Crippen molar-refractivity contribution in [2.75, 3.05) is 36.0 Å². The standard InChI is InChI=1S/C26H21N7O2/c34-24(35)23-17-22(21-8-6-19(7-9-21)4-5-20-3-1-10-27-18-20)30-26(31-23)33-15-13-32(14-16-33)25-28-11-2-12-29-25/h1-3,6-12,17-18H,13-16H2,(H,34,35). The molecule has 1 N–H and O–H groups in total. The van der Waals surface area contributed by atoms with Crippen LogP contribution in [-0.2, 0) is 0 Å². The van der Waals surface area contributed by atoms with Gasteiger partial charge in [-0.2, -0.15) is 0 Å². The molecule has 0 unspecified atom stereocenters. The molecule has 0 aliphatic carbocycles. The van der Waals surface area contributed by atoms with Gasteiger partial charge in [-0.1, -0.05) is 24.0 Å². The maximum absolute atomic E-state index is 11.8. The molecule has 0 bridgehead atoms. The fourth-order valence-electron chi connectivity index (χ4n) is 3.70. The SMILES string of the molecule is O=C(O)c1cc(-c2ccc(C#Cc3cccnc3)cc2)nc(N2CCN(c3ncccn3)CC2)n1. The van der Waals surface area contributed by atoms with Gasteiger partial charge in [0, 0.05) is 67.7 Å². The summed E-state index contributed by atoms with van der Waals surface area (Å²) in [5.41, 5.74) is 2.97. The molecule has 0 amide bonds. The van der Waals surface area contributed by atoms with E-state index < -0.39 is 5.97 Å². The number of aromatic nitrogens is 5. The first-order valence-electron chi connectivity index (χ1n) is 11.1. The van der Waals surface area contributed by atoms with Gasteiger partial charge in [-0.25, -0.2) is 24.7 Å². The number of pyridine rings is 1. The summed E-state index contributed by atoms with van der Waals surface area (Å²) in [5, 5.41) is 9.64. The number of nitrogens with zero attached hydrogens (tertiary/aromatic N) is 7. The Morgan fingerprint density at radius 3 is 2.14 bits per heavy atom. The van der Waals surface area contributed by atoms with Gasteiger partial charge in [0.1, 0.15) is 0 Å². The number of piperazine rings is 1. The van der Waals surface area contributed by atoms with E-state index in [4.69, 9.17) is 0 Å². The fraction of sp³-hybridized carbons (Fsp3) is 0.154. The van der Waals surface area contributed by atoms with Gasteiger partial charge in [0.15, 0.2) is 5.69 Å². The predicted octanol–water partition coefficient (Wildman–Crippen LogP) is 2.75. The minimum Gasteiger partial charge on any atom is -0.477 e. The zero-order valence-electron chi connectivity index (χ0n) is 18.7. The predicted molar refractivity (Wildman–Crippen MR) is 131 cm³/mol. The van der Waals surface area contributed by atoms with Crippen molar-refractivity contribution in [3.63, 3.8) is 0 Å². The number of carbonyl (C=O) groups is 1. The molecule has 4 aromatic rings. The molecule has 4 heterocycles. The molecule has 35 heavy (non-hydrogen) atoms. The van der Waals surface area contributed by atoms with E-state index in [1.54, 1.807) is 30.9 Å². The molecule has 0 saturated carbocycles. The third-order valence-corrected chi connectivity index (χ3v) is 5.52. The third-order valence-electron chi connectivity index (χ3n) is 5.52. The Hall–Kier alpha value is -4.84. The summed E-state index contributed by atoms with van der Waals surface area (Å²) >= 11 is 0. The number of hydrogen-bond donors (Lipinski definition) is 1. The number of benzene rings is 1. The maximum Gasteiger partial charge on any atom is 0.354 e. The third kappa shape index (κ3) is 5.23. The van der Waals surface area contributed by atoms with Crippen LogP contribution < -0.4 is 9.80 Å². The van der Waals surface area contributed by atoms with Crippen molar-refractivity contribution in [3.8, 4) is 23.1 Å². The molecular formula is C26H21N7O2. The summed E-state index contributed by atoms with van der Waals surface area (Å²) in [6.45, 7) is 2.63. The lowest BCUT2D eigenvalue weighted by atomic mass is 10.1. The lowest BCUT2D eigenvalue weighted by Crippen LogP contribution is -2.47. The molecule has 1 aliphatic heterocycles. The highest BCUT2D eigenvalue weighted by atomic mass is 16.4. The van der Waals surface area contributed by atoms with Gasteiger partial charge in [0.05, 0.1) is 5.69 Å². The van der Waals surface area contributed by atoms with Crippen molar-refractivity contribution in [1.82, 2.24) is 24.9 Å². The number of carboxylic acid groups (broad SMARTS) is 1. The second-order valence-electron chi connectivity index (χ2n) is 7.84. The molecule has 1 aromatic carbocycles. The van der Waals surface area contributed by atoms with Crippen LogP contribution in [0.2, 0.25) is 0 Å². The Bertz CT molecular complexity index is 1380. The molecule has 1 saturated heterocycles. The van der Waals surface area contributed by atoms with Crippen LogP contribution in [0, 0.1) is 11.8 Å². The molecule has 9 nitrogen and oxygen atoms in total. The molecule has 0 atom stereocenters. The van der Waals surface area contributed by atoms with Crippen LogP contribution in [0.5, 0.6) is 0 Å². The number of hydrogen-bond acceptors (Lipinski definition) is 8. The number of rotatable bonds is 4. The number of anilines is 2. The molecule has 3 aromatic heterocycles. The Labute approximate surface area is 202 Å². The Balaban J connectivity index is 1.36. The second kappa shape index (κ2) is 9.97. The molecule has 9 heteroatoms. The van der Waals surface area contributed by atoms with Crippen molar-refractivity contribution in [3.05, 3.63) is 90.1 Å². The topological polar surface area (TPSA) is 108 Å². The summed E-state index contributed by atoms with van der Waals surface area (Å²) < 4.78 is 0. The second-order valence-corrected chi connectivity index (χ2v) is 7.84. The normalized spacial score (nSPS) is 13.1. The van der Waals surface area contributed by atoms with Crippen molar-refractivity contribution in [2.24, 2.45) is 0 Å². The fourth-order valence-corrected chi connectivity index (χ4v) is 3.70. The van der Waals surface area contributed by atoms with Crippen molar-refractivity contribution in [2.45, 2.75) is 0 Å². The van der Waals surface area contributed by atoms with Crippen molar-refractivity contribution >= 4 is 17.9 Å². The lowest BCUT2D eigenvalue weighted by Gasteiger charge is -2.34.